The molecule has 180 valence electrons. The summed E-state index contributed by atoms with van der Waals surface area (Å²) in [6, 6.07) is 19.5. The molecule has 1 fully saturated rings. The molecule has 1 aliphatic heterocycles. The lowest BCUT2D eigenvalue weighted by molar-refractivity contribution is -0.121. The molecule has 4 heterocycles. The number of rotatable bonds is 7. The molecule has 1 atom stereocenters. The highest BCUT2D eigenvalue weighted by Crippen LogP contribution is 2.23. The number of likely N-dealkylation sites (tertiary alicyclic amines) is 1. The molecular formula is C26H28N6O2S. The first-order chi connectivity index (χ1) is 17.1. The van der Waals surface area contributed by atoms with Crippen LogP contribution in [0, 0.1) is 17.6 Å². The topological polar surface area (TPSA) is 81.1 Å². The van der Waals surface area contributed by atoms with Gasteiger partial charge < -0.3 is 9.73 Å². The first-order valence-corrected chi connectivity index (χ1v) is 12.2. The lowest BCUT2D eigenvalue weighted by Gasteiger charge is -2.31. The van der Waals surface area contributed by atoms with Gasteiger partial charge in [-0.3, -0.25) is 14.3 Å². The highest BCUT2D eigenvalue weighted by Gasteiger charge is 2.27. The van der Waals surface area contributed by atoms with E-state index in [-0.39, 0.29) is 11.8 Å². The molecule has 0 radical (unpaired) electrons. The summed E-state index contributed by atoms with van der Waals surface area (Å²) in [5.41, 5.74) is 2.01. The van der Waals surface area contributed by atoms with Crippen molar-refractivity contribution in [2.24, 2.45) is 5.92 Å². The maximum Gasteiger partial charge on any atom is 0.229 e. The first-order valence-electron chi connectivity index (χ1n) is 11.8. The van der Waals surface area contributed by atoms with E-state index in [4.69, 9.17) is 21.7 Å². The minimum Gasteiger partial charge on any atom is -0.461 e. The van der Waals surface area contributed by atoms with E-state index >= 15 is 0 Å². The third kappa shape index (κ3) is 5.41. The summed E-state index contributed by atoms with van der Waals surface area (Å²) >= 11 is 5.84. The molecule has 1 aliphatic rings. The Morgan fingerprint density at radius 2 is 2.00 bits per heavy atom. The molecule has 1 saturated heterocycles. The highest BCUT2D eigenvalue weighted by atomic mass is 32.1. The van der Waals surface area contributed by atoms with Crippen LogP contribution in [-0.4, -0.2) is 43.2 Å². The molecule has 0 unspecified atom stereocenters. The molecule has 9 heteroatoms. The van der Waals surface area contributed by atoms with Gasteiger partial charge in [-0.25, -0.2) is 9.67 Å². The van der Waals surface area contributed by atoms with Gasteiger partial charge in [0.2, 0.25) is 5.91 Å². The Kier molecular flexibility index (Phi) is 6.87. The minimum atomic E-state index is -0.115. The third-order valence-electron chi connectivity index (χ3n) is 6.20. The minimum absolute atomic E-state index is 0.00211. The molecule has 1 aromatic carbocycles. The van der Waals surface area contributed by atoms with Gasteiger partial charge >= 0.3 is 0 Å². The Labute approximate surface area is 209 Å². The molecule has 0 bridgehead atoms. The van der Waals surface area contributed by atoms with Crippen molar-refractivity contribution in [2.75, 3.05) is 18.4 Å². The normalized spacial score (nSPS) is 16.3. The summed E-state index contributed by atoms with van der Waals surface area (Å²) in [6.45, 7) is 4.55. The van der Waals surface area contributed by atoms with Crippen molar-refractivity contribution in [3.05, 3.63) is 83.0 Å². The van der Waals surface area contributed by atoms with Crippen LogP contribution in [0.3, 0.4) is 0 Å². The van der Waals surface area contributed by atoms with Gasteiger partial charge in [0.25, 0.3) is 0 Å². The number of furan rings is 1. The van der Waals surface area contributed by atoms with Gasteiger partial charge in [-0.1, -0.05) is 36.4 Å². The number of piperidine rings is 1. The van der Waals surface area contributed by atoms with Crippen molar-refractivity contribution < 1.29 is 9.21 Å². The maximum absolute atomic E-state index is 12.9. The van der Waals surface area contributed by atoms with Crippen LogP contribution in [0.5, 0.6) is 0 Å². The van der Waals surface area contributed by atoms with Gasteiger partial charge in [-0.2, -0.15) is 0 Å². The average molecular weight is 489 g/mol. The quantitative estimate of drug-likeness (QED) is 0.379. The molecule has 4 aromatic rings. The number of aryl methyl sites for hydroxylation is 1. The summed E-state index contributed by atoms with van der Waals surface area (Å²) in [6.07, 6.45) is 3.42. The smallest absolute Gasteiger partial charge is 0.229 e. The standard InChI is InChI=1S/C26H28N6O2S/c1-19-8-5-13-23(27-19)28-25(33)21-11-6-14-30(17-21)18-32-26(35)31(16-20-9-3-2-4-10-20)24(29-32)22-12-7-15-34-22/h2-5,7-10,12-13,15,21H,6,11,14,16-18H2,1H3,(H,27,28,33)/t21-/m0/s1. The van der Waals surface area contributed by atoms with E-state index in [1.807, 2.05) is 64.7 Å². The zero-order valence-corrected chi connectivity index (χ0v) is 20.4. The molecule has 35 heavy (non-hydrogen) atoms. The number of hydrogen-bond donors (Lipinski definition) is 1. The average Bonchev–Trinajstić information content (AvgIpc) is 3.50. The molecule has 0 saturated carbocycles. The fraction of sp³-hybridized carbons (Fsp3) is 0.308. The van der Waals surface area contributed by atoms with Gasteiger partial charge in [0, 0.05) is 12.2 Å². The number of pyridine rings is 1. The third-order valence-corrected chi connectivity index (χ3v) is 6.63. The van der Waals surface area contributed by atoms with Crippen molar-refractivity contribution in [3.63, 3.8) is 0 Å². The molecular weight excluding hydrogens is 460 g/mol. The van der Waals surface area contributed by atoms with Crippen LogP contribution >= 0.6 is 12.2 Å². The number of anilines is 1. The van der Waals surface area contributed by atoms with Crippen LogP contribution in [0.25, 0.3) is 11.6 Å². The summed E-state index contributed by atoms with van der Waals surface area (Å²) < 4.78 is 10.1. The maximum atomic E-state index is 12.9. The second-order valence-electron chi connectivity index (χ2n) is 8.87. The molecule has 8 nitrogen and oxygen atoms in total. The van der Waals surface area contributed by atoms with E-state index < -0.39 is 0 Å². The number of nitrogens with zero attached hydrogens (tertiary/aromatic N) is 5. The Morgan fingerprint density at radius 3 is 2.77 bits per heavy atom. The monoisotopic (exact) mass is 488 g/mol. The largest absolute Gasteiger partial charge is 0.461 e. The zero-order chi connectivity index (χ0) is 24.2. The van der Waals surface area contributed by atoms with Crippen LogP contribution in [0.4, 0.5) is 5.82 Å². The number of amides is 1. The van der Waals surface area contributed by atoms with Crippen molar-refractivity contribution in [3.8, 4) is 11.6 Å². The number of carbonyl (C=O) groups excluding carboxylic acids is 1. The molecule has 3 aromatic heterocycles. The van der Waals surface area contributed by atoms with E-state index in [0.717, 1.165) is 30.6 Å². The van der Waals surface area contributed by atoms with Crippen LogP contribution in [0.1, 0.15) is 24.1 Å². The van der Waals surface area contributed by atoms with Gasteiger partial charge in [0.05, 0.1) is 25.4 Å². The predicted molar refractivity (Wildman–Crippen MR) is 136 cm³/mol. The Balaban J connectivity index is 1.33. The zero-order valence-electron chi connectivity index (χ0n) is 19.6. The van der Waals surface area contributed by atoms with Gasteiger partial charge in [0.15, 0.2) is 16.4 Å². The molecule has 0 spiro atoms. The number of aromatic nitrogens is 4. The predicted octanol–water partition coefficient (Wildman–Crippen LogP) is 4.73. The van der Waals surface area contributed by atoms with Crippen molar-refractivity contribution in [2.45, 2.75) is 33.0 Å². The fourth-order valence-corrected chi connectivity index (χ4v) is 4.71. The molecule has 1 amide bonds. The van der Waals surface area contributed by atoms with Crippen LogP contribution in [0.15, 0.2) is 71.3 Å². The van der Waals surface area contributed by atoms with E-state index in [0.29, 0.717) is 41.9 Å². The van der Waals surface area contributed by atoms with Gasteiger partial charge in [0.1, 0.15) is 5.82 Å². The number of nitrogens with one attached hydrogen (secondary N) is 1. The lowest BCUT2D eigenvalue weighted by atomic mass is 9.97. The number of hydrogen-bond acceptors (Lipinski definition) is 6. The van der Waals surface area contributed by atoms with Crippen LogP contribution in [-0.2, 0) is 18.0 Å². The SMILES string of the molecule is Cc1cccc(NC(=O)[C@H]2CCCN(Cn3nc(-c4ccco4)n(Cc4ccccc4)c3=S)C2)n1. The van der Waals surface area contributed by atoms with E-state index in [2.05, 4.69) is 27.3 Å². The van der Waals surface area contributed by atoms with E-state index in [1.165, 1.54) is 0 Å². The number of carbonyl (C=O) groups is 1. The summed E-state index contributed by atoms with van der Waals surface area (Å²) in [5, 5.41) is 7.79. The molecule has 5 rings (SSSR count). The fourth-order valence-electron chi connectivity index (χ4n) is 4.46. The summed E-state index contributed by atoms with van der Waals surface area (Å²) in [7, 11) is 0. The van der Waals surface area contributed by atoms with E-state index in [1.54, 1.807) is 6.26 Å². The van der Waals surface area contributed by atoms with Crippen molar-refractivity contribution in [1.82, 2.24) is 24.2 Å². The Hall–Kier alpha value is -3.56. The second kappa shape index (κ2) is 10.4. The number of benzene rings is 1. The summed E-state index contributed by atoms with van der Waals surface area (Å²) in [5.74, 6) is 1.85. The van der Waals surface area contributed by atoms with Crippen LogP contribution < -0.4 is 5.32 Å². The molecule has 1 N–H and O–H groups in total. The molecule has 0 aliphatic carbocycles. The van der Waals surface area contributed by atoms with Crippen molar-refractivity contribution >= 4 is 23.9 Å². The summed E-state index contributed by atoms with van der Waals surface area (Å²) in [4.78, 5) is 19.6. The Morgan fingerprint density at radius 1 is 1.14 bits per heavy atom. The van der Waals surface area contributed by atoms with Crippen LogP contribution in [0.2, 0.25) is 0 Å². The first kappa shape index (κ1) is 23.2. The van der Waals surface area contributed by atoms with Gasteiger partial charge in [-0.15, -0.1) is 5.10 Å². The second-order valence-corrected chi connectivity index (χ2v) is 9.23. The Bertz CT molecular complexity index is 1350. The van der Waals surface area contributed by atoms with Crippen molar-refractivity contribution in [1.29, 1.82) is 0 Å². The lowest BCUT2D eigenvalue weighted by Crippen LogP contribution is -2.41. The highest BCUT2D eigenvalue weighted by molar-refractivity contribution is 7.71. The van der Waals surface area contributed by atoms with E-state index in [9.17, 15) is 4.79 Å². The van der Waals surface area contributed by atoms with Gasteiger partial charge in [-0.05, 0) is 68.4 Å².